The molecule has 2 amide bonds. The predicted molar refractivity (Wildman–Crippen MR) is 125 cm³/mol. The highest BCUT2D eigenvalue weighted by Crippen LogP contribution is 2.39. The number of nitrogens with one attached hydrogen (secondary N) is 2. The summed E-state index contributed by atoms with van der Waals surface area (Å²) in [5.74, 6) is 0.354. The molecular formula is C24H25N3O4S. The SMILES string of the molecule is CCc1ccccc1NC(=O)C1CCc2sc(NC(=O)c3cc(OC)cc(OC)c3)nc21. The summed E-state index contributed by atoms with van der Waals surface area (Å²) in [5, 5.41) is 6.38. The quantitative estimate of drug-likeness (QED) is 0.546. The van der Waals surface area contributed by atoms with E-state index in [-0.39, 0.29) is 17.7 Å². The van der Waals surface area contributed by atoms with Crippen molar-refractivity contribution in [3.8, 4) is 11.5 Å². The van der Waals surface area contributed by atoms with E-state index in [1.54, 1.807) is 18.2 Å². The van der Waals surface area contributed by atoms with E-state index < -0.39 is 0 Å². The first-order valence-corrected chi connectivity index (χ1v) is 11.3. The second-order valence-electron chi connectivity index (χ2n) is 7.47. The van der Waals surface area contributed by atoms with E-state index in [0.29, 0.717) is 22.2 Å². The number of hydrogen-bond donors (Lipinski definition) is 2. The third kappa shape index (κ3) is 4.45. The Balaban J connectivity index is 1.49. The van der Waals surface area contributed by atoms with Crippen LogP contribution in [0.3, 0.4) is 0 Å². The van der Waals surface area contributed by atoms with Gasteiger partial charge in [-0.2, -0.15) is 0 Å². The number of ether oxygens (including phenoxy) is 2. The van der Waals surface area contributed by atoms with E-state index in [0.717, 1.165) is 41.1 Å². The van der Waals surface area contributed by atoms with E-state index in [9.17, 15) is 9.59 Å². The summed E-state index contributed by atoms with van der Waals surface area (Å²) < 4.78 is 10.5. The van der Waals surface area contributed by atoms with Crippen molar-refractivity contribution in [1.29, 1.82) is 0 Å². The van der Waals surface area contributed by atoms with Crippen LogP contribution in [0, 0.1) is 0 Å². The van der Waals surface area contributed by atoms with Crippen molar-refractivity contribution >= 4 is 34.0 Å². The van der Waals surface area contributed by atoms with E-state index >= 15 is 0 Å². The normalized spacial score (nSPS) is 14.5. The molecule has 1 aliphatic carbocycles. The lowest BCUT2D eigenvalue weighted by Gasteiger charge is -2.13. The predicted octanol–water partition coefficient (Wildman–Crippen LogP) is 4.64. The molecule has 4 rings (SSSR count). The fourth-order valence-electron chi connectivity index (χ4n) is 3.81. The molecule has 0 bridgehead atoms. The molecule has 1 aromatic heterocycles. The van der Waals surface area contributed by atoms with Crippen LogP contribution < -0.4 is 20.1 Å². The molecule has 7 nitrogen and oxygen atoms in total. The number of amides is 2. The second-order valence-corrected chi connectivity index (χ2v) is 8.56. The summed E-state index contributed by atoms with van der Waals surface area (Å²) in [7, 11) is 3.07. The van der Waals surface area contributed by atoms with Gasteiger partial charge in [0.15, 0.2) is 5.13 Å². The number of fused-ring (bicyclic) bond motifs is 1. The van der Waals surface area contributed by atoms with Crippen molar-refractivity contribution in [2.45, 2.75) is 32.1 Å². The number of anilines is 2. The van der Waals surface area contributed by atoms with Crippen molar-refractivity contribution in [1.82, 2.24) is 4.98 Å². The van der Waals surface area contributed by atoms with Crippen LogP contribution in [-0.2, 0) is 17.6 Å². The van der Waals surface area contributed by atoms with Gasteiger partial charge in [-0.3, -0.25) is 14.9 Å². The minimum atomic E-state index is -0.325. The minimum absolute atomic E-state index is 0.0645. The monoisotopic (exact) mass is 451 g/mol. The highest BCUT2D eigenvalue weighted by Gasteiger charge is 2.33. The standard InChI is InChI=1S/C24H25N3O4S/c1-4-14-7-5-6-8-19(14)25-23(29)18-9-10-20-21(18)26-24(32-20)27-22(28)15-11-16(30-2)13-17(12-15)31-3/h5-8,11-13,18H,4,9-10H2,1-3H3,(H,25,29)(H,26,27,28). The van der Waals surface area contributed by atoms with Gasteiger partial charge in [-0.05, 0) is 43.0 Å². The Hall–Kier alpha value is -3.39. The van der Waals surface area contributed by atoms with Gasteiger partial charge in [-0.25, -0.2) is 4.98 Å². The van der Waals surface area contributed by atoms with Crippen LogP contribution in [0.2, 0.25) is 0 Å². The second kappa shape index (κ2) is 9.40. The number of carbonyl (C=O) groups is 2. The molecule has 0 fully saturated rings. The summed E-state index contributed by atoms with van der Waals surface area (Å²) in [5.41, 5.74) is 3.09. The minimum Gasteiger partial charge on any atom is -0.497 e. The topological polar surface area (TPSA) is 89.6 Å². The molecule has 0 saturated heterocycles. The molecule has 0 aliphatic heterocycles. The molecule has 1 atom stereocenters. The third-order valence-electron chi connectivity index (χ3n) is 5.52. The Morgan fingerprint density at radius 3 is 2.50 bits per heavy atom. The average Bonchev–Trinajstić information content (AvgIpc) is 3.39. The van der Waals surface area contributed by atoms with Gasteiger partial charge in [0.05, 0.1) is 25.8 Å². The van der Waals surface area contributed by atoms with Crippen LogP contribution in [0.25, 0.3) is 0 Å². The fourth-order valence-corrected chi connectivity index (χ4v) is 4.85. The van der Waals surface area contributed by atoms with Crippen molar-refractivity contribution in [3.63, 3.8) is 0 Å². The molecule has 2 N–H and O–H groups in total. The lowest BCUT2D eigenvalue weighted by Crippen LogP contribution is -2.20. The van der Waals surface area contributed by atoms with Gasteiger partial charge in [0.1, 0.15) is 11.5 Å². The molecule has 32 heavy (non-hydrogen) atoms. The Morgan fingerprint density at radius 2 is 1.81 bits per heavy atom. The van der Waals surface area contributed by atoms with Gasteiger partial charge in [0.25, 0.3) is 5.91 Å². The van der Waals surface area contributed by atoms with Gasteiger partial charge in [-0.1, -0.05) is 25.1 Å². The fraction of sp³-hybridized carbons (Fsp3) is 0.292. The molecule has 0 spiro atoms. The van der Waals surface area contributed by atoms with Gasteiger partial charge in [-0.15, -0.1) is 11.3 Å². The number of para-hydroxylation sites is 1. The lowest BCUT2D eigenvalue weighted by molar-refractivity contribution is -0.117. The number of benzene rings is 2. The molecule has 3 aromatic rings. The maximum atomic E-state index is 13.0. The number of carbonyl (C=O) groups excluding carboxylic acids is 2. The maximum Gasteiger partial charge on any atom is 0.257 e. The first-order chi connectivity index (χ1) is 15.5. The molecule has 1 unspecified atom stereocenters. The zero-order valence-electron chi connectivity index (χ0n) is 18.2. The van der Waals surface area contributed by atoms with E-state index in [1.165, 1.54) is 25.6 Å². The molecular weight excluding hydrogens is 426 g/mol. The average molecular weight is 452 g/mol. The van der Waals surface area contributed by atoms with Gasteiger partial charge >= 0.3 is 0 Å². The van der Waals surface area contributed by atoms with Crippen LogP contribution in [0.5, 0.6) is 11.5 Å². The molecule has 8 heteroatoms. The Labute approximate surface area is 190 Å². The van der Waals surface area contributed by atoms with Crippen molar-refractivity contribution in [2.24, 2.45) is 0 Å². The summed E-state index contributed by atoms with van der Waals surface area (Å²) in [6.45, 7) is 2.06. The summed E-state index contributed by atoms with van der Waals surface area (Å²) in [6.07, 6.45) is 2.33. The van der Waals surface area contributed by atoms with Crippen LogP contribution in [0.4, 0.5) is 10.8 Å². The highest BCUT2D eigenvalue weighted by atomic mass is 32.1. The van der Waals surface area contributed by atoms with E-state index in [4.69, 9.17) is 9.47 Å². The van der Waals surface area contributed by atoms with Gasteiger partial charge in [0, 0.05) is 22.2 Å². The Morgan fingerprint density at radius 1 is 1.09 bits per heavy atom. The number of aryl methyl sites for hydroxylation is 2. The maximum absolute atomic E-state index is 13.0. The molecule has 0 radical (unpaired) electrons. The molecule has 0 saturated carbocycles. The molecule has 1 aliphatic rings. The van der Waals surface area contributed by atoms with Gasteiger partial charge in [0.2, 0.25) is 5.91 Å². The van der Waals surface area contributed by atoms with Gasteiger partial charge < -0.3 is 14.8 Å². The van der Waals surface area contributed by atoms with Crippen molar-refractivity contribution in [2.75, 3.05) is 24.9 Å². The van der Waals surface area contributed by atoms with Crippen LogP contribution in [0.1, 0.15) is 45.8 Å². The summed E-state index contributed by atoms with van der Waals surface area (Å²) >= 11 is 1.41. The number of nitrogens with zero attached hydrogens (tertiary/aromatic N) is 1. The Kier molecular flexibility index (Phi) is 6.41. The summed E-state index contributed by atoms with van der Waals surface area (Å²) in [6, 6.07) is 12.8. The van der Waals surface area contributed by atoms with E-state index in [2.05, 4.69) is 22.5 Å². The van der Waals surface area contributed by atoms with E-state index in [1.807, 2.05) is 24.3 Å². The zero-order valence-corrected chi connectivity index (χ0v) is 19.0. The summed E-state index contributed by atoms with van der Waals surface area (Å²) in [4.78, 5) is 31.4. The number of rotatable bonds is 7. The van der Waals surface area contributed by atoms with Crippen molar-refractivity contribution in [3.05, 3.63) is 64.2 Å². The zero-order chi connectivity index (χ0) is 22.7. The Bertz CT molecular complexity index is 1140. The third-order valence-corrected chi connectivity index (χ3v) is 6.57. The first-order valence-electron chi connectivity index (χ1n) is 10.4. The lowest BCUT2D eigenvalue weighted by atomic mass is 10.1. The largest absolute Gasteiger partial charge is 0.497 e. The van der Waals surface area contributed by atoms with Crippen molar-refractivity contribution < 1.29 is 19.1 Å². The molecule has 166 valence electrons. The number of aromatic nitrogens is 1. The smallest absolute Gasteiger partial charge is 0.257 e. The number of hydrogen-bond acceptors (Lipinski definition) is 6. The molecule has 1 heterocycles. The number of thiazole rings is 1. The number of methoxy groups -OCH3 is 2. The van der Waals surface area contributed by atoms with Crippen LogP contribution in [0.15, 0.2) is 42.5 Å². The first kappa shape index (κ1) is 21.8. The molecule has 2 aromatic carbocycles. The van der Waals surface area contributed by atoms with Crippen LogP contribution in [-0.4, -0.2) is 31.0 Å². The highest BCUT2D eigenvalue weighted by molar-refractivity contribution is 7.16. The van der Waals surface area contributed by atoms with Crippen LogP contribution >= 0.6 is 11.3 Å².